The van der Waals surface area contributed by atoms with Gasteiger partial charge in [0.05, 0.1) is 12.2 Å². The Hall–Kier alpha value is -2.33. The van der Waals surface area contributed by atoms with Crippen molar-refractivity contribution >= 4 is 5.78 Å². The molecule has 1 heterocycles. The van der Waals surface area contributed by atoms with Crippen LogP contribution in [0.5, 0.6) is 17.2 Å². The van der Waals surface area contributed by atoms with E-state index in [4.69, 9.17) is 9.47 Å². The molecule has 1 atom stereocenters. The average Bonchev–Trinajstić information content (AvgIpc) is 2.64. The molecule has 126 valence electrons. The largest absolute Gasteiger partial charge is 0.493 e. The van der Waals surface area contributed by atoms with E-state index in [-0.39, 0.29) is 11.7 Å². The molecule has 1 aliphatic heterocycles. The number of ether oxygens (including phenoxy) is 2. The number of carbonyl (C=O) groups excluding carboxylic acids is 1. The van der Waals surface area contributed by atoms with Crippen molar-refractivity contribution in [3.05, 3.63) is 54.1 Å². The van der Waals surface area contributed by atoms with Crippen LogP contribution < -0.4 is 14.8 Å². The number of carbonyl (C=O) groups is 1. The van der Waals surface area contributed by atoms with Crippen molar-refractivity contribution in [2.75, 3.05) is 19.7 Å². The van der Waals surface area contributed by atoms with Crippen LogP contribution in [0.3, 0.4) is 0 Å². The first-order chi connectivity index (χ1) is 11.8. The number of nitrogens with one attached hydrogen (secondary N) is 1. The molecule has 2 aromatic carbocycles. The highest BCUT2D eigenvalue weighted by atomic mass is 16.5. The van der Waals surface area contributed by atoms with Crippen LogP contribution in [0.1, 0.15) is 30.1 Å². The van der Waals surface area contributed by atoms with E-state index in [1.807, 2.05) is 49.4 Å². The Morgan fingerprint density at radius 3 is 2.71 bits per heavy atom. The Labute approximate surface area is 142 Å². The second-order valence-electron chi connectivity index (χ2n) is 5.91. The zero-order chi connectivity index (χ0) is 16.8. The number of hydrogen-bond acceptors (Lipinski definition) is 4. The number of benzene rings is 2. The van der Waals surface area contributed by atoms with Gasteiger partial charge in [0.25, 0.3) is 0 Å². The van der Waals surface area contributed by atoms with Crippen molar-refractivity contribution in [3.8, 4) is 17.2 Å². The standard InChI is InChI=1S/C20H23NO3/c1-2-23-19-11-10-17(24-16-8-4-3-5-9-16)13-18(19)20(22)15-7-6-12-21-14-15/h3-5,8-11,13,15,21H,2,6-7,12,14H2,1H3. The monoisotopic (exact) mass is 325 g/mol. The molecule has 0 aromatic heterocycles. The van der Waals surface area contributed by atoms with Gasteiger partial charge in [-0.1, -0.05) is 18.2 Å². The van der Waals surface area contributed by atoms with E-state index in [0.717, 1.165) is 31.7 Å². The van der Waals surface area contributed by atoms with Gasteiger partial charge in [-0.3, -0.25) is 4.79 Å². The summed E-state index contributed by atoms with van der Waals surface area (Å²) >= 11 is 0. The summed E-state index contributed by atoms with van der Waals surface area (Å²) in [5.41, 5.74) is 0.610. The van der Waals surface area contributed by atoms with Gasteiger partial charge in [0.15, 0.2) is 5.78 Å². The molecule has 0 bridgehead atoms. The molecule has 24 heavy (non-hydrogen) atoms. The molecule has 0 radical (unpaired) electrons. The molecule has 4 heteroatoms. The number of ketones is 1. The molecule has 1 unspecified atom stereocenters. The lowest BCUT2D eigenvalue weighted by Crippen LogP contribution is -2.34. The van der Waals surface area contributed by atoms with Gasteiger partial charge in [0.2, 0.25) is 0 Å². The molecule has 0 spiro atoms. The van der Waals surface area contributed by atoms with E-state index < -0.39 is 0 Å². The number of para-hydroxylation sites is 1. The highest BCUT2D eigenvalue weighted by Gasteiger charge is 2.25. The summed E-state index contributed by atoms with van der Waals surface area (Å²) in [5.74, 6) is 2.17. The van der Waals surface area contributed by atoms with Crippen molar-refractivity contribution in [2.24, 2.45) is 5.92 Å². The maximum Gasteiger partial charge on any atom is 0.171 e. The Balaban J connectivity index is 1.86. The molecule has 3 rings (SSSR count). The second kappa shape index (κ2) is 7.97. The minimum Gasteiger partial charge on any atom is -0.493 e. The highest BCUT2D eigenvalue weighted by Crippen LogP contribution is 2.30. The molecule has 0 aliphatic carbocycles. The van der Waals surface area contributed by atoms with Gasteiger partial charge in [-0.15, -0.1) is 0 Å². The lowest BCUT2D eigenvalue weighted by molar-refractivity contribution is 0.0895. The van der Waals surface area contributed by atoms with E-state index in [1.54, 1.807) is 6.07 Å². The SMILES string of the molecule is CCOc1ccc(Oc2ccccc2)cc1C(=O)C1CCCNC1. The normalized spacial score (nSPS) is 17.3. The van der Waals surface area contributed by atoms with Gasteiger partial charge in [0.1, 0.15) is 17.2 Å². The predicted octanol–water partition coefficient (Wildman–Crippen LogP) is 4.06. The van der Waals surface area contributed by atoms with Gasteiger partial charge < -0.3 is 14.8 Å². The summed E-state index contributed by atoms with van der Waals surface area (Å²) in [5, 5.41) is 3.30. The minimum atomic E-state index is 0.00457. The molecule has 0 amide bonds. The van der Waals surface area contributed by atoms with Crippen LogP contribution in [0.2, 0.25) is 0 Å². The van der Waals surface area contributed by atoms with E-state index in [1.165, 1.54) is 0 Å². The molecule has 4 nitrogen and oxygen atoms in total. The molecular formula is C20H23NO3. The Morgan fingerprint density at radius 1 is 1.17 bits per heavy atom. The van der Waals surface area contributed by atoms with Crippen LogP contribution in [0, 0.1) is 5.92 Å². The highest BCUT2D eigenvalue weighted by molar-refractivity contribution is 6.01. The van der Waals surface area contributed by atoms with Crippen LogP contribution in [0.4, 0.5) is 0 Å². The fraction of sp³-hybridized carbons (Fsp3) is 0.350. The number of rotatable bonds is 6. The van der Waals surface area contributed by atoms with Crippen molar-refractivity contribution in [1.82, 2.24) is 5.32 Å². The molecule has 1 fully saturated rings. The zero-order valence-electron chi connectivity index (χ0n) is 14.0. The third kappa shape index (κ3) is 3.95. The molecule has 2 aromatic rings. The van der Waals surface area contributed by atoms with Gasteiger partial charge in [0, 0.05) is 12.5 Å². The van der Waals surface area contributed by atoms with Crippen LogP contribution in [-0.2, 0) is 0 Å². The topological polar surface area (TPSA) is 47.6 Å². The lowest BCUT2D eigenvalue weighted by Gasteiger charge is -2.22. The van der Waals surface area contributed by atoms with Crippen LogP contribution >= 0.6 is 0 Å². The van der Waals surface area contributed by atoms with E-state index >= 15 is 0 Å². The van der Waals surface area contributed by atoms with Gasteiger partial charge >= 0.3 is 0 Å². The first kappa shape index (κ1) is 16.5. The quantitative estimate of drug-likeness (QED) is 0.814. The number of hydrogen-bond donors (Lipinski definition) is 1. The molecular weight excluding hydrogens is 302 g/mol. The predicted molar refractivity (Wildman–Crippen MR) is 94.1 cm³/mol. The third-order valence-electron chi connectivity index (χ3n) is 4.16. The first-order valence-electron chi connectivity index (χ1n) is 8.52. The summed E-state index contributed by atoms with van der Waals surface area (Å²) in [6.07, 6.45) is 1.95. The van der Waals surface area contributed by atoms with Crippen molar-refractivity contribution in [1.29, 1.82) is 0 Å². The summed E-state index contributed by atoms with van der Waals surface area (Å²) in [7, 11) is 0. The fourth-order valence-corrected chi connectivity index (χ4v) is 2.97. The van der Waals surface area contributed by atoms with Crippen molar-refractivity contribution < 1.29 is 14.3 Å². The maximum atomic E-state index is 12.9. The third-order valence-corrected chi connectivity index (χ3v) is 4.16. The van der Waals surface area contributed by atoms with Crippen molar-refractivity contribution in [3.63, 3.8) is 0 Å². The molecule has 1 N–H and O–H groups in total. The number of piperidine rings is 1. The van der Waals surface area contributed by atoms with Gasteiger partial charge in [-0.2, -0.15) is 0 Å². The molecule has 1 aliphatic rings. The van der Waals surface area contributed by atoms with Crippen LogP contribution in [0.15, 0.2) is 48.5 Å². The summed E-state index contributed by atoms with van der Waals surface area (Å²) in [6, 6.07) is 15.0. The van der Waals surface area contributed by atoms with Crippen LogP contribution in [-0.4, -0.2) is 25.5 Å². The van der Waals surface area contributed by atoms with Gasteiger partial charge in [-0.05, 0) is 56.6 Å². The molecule has 1 saturated heterocycles. The summed E-state index contributed by atoms with van der Waals surface area (Å²) < 4.78 is 11.5. The molecule has 0 saturated carbocycles. The van der Waals surface area contributed by atoms with E-state index in [0.29, 0.717) is 23.7 Å². The lowest BCUT2D eigenvalue weighted by atomic mass is 9.90. The summed E-state index contributed by atoms with van der Waals surface area (Å²) in [6.45, 7) is 4.17. The average molecular weight is 325 g/mol. The second-order valence-corrected chi connectivity index (χ2v) is 5.91. The Morgan fingerprint density at radius 2 is 2.00 bits per heavy atom. The number of Topliss-reactive ketones (excluding diaryl/α,β-unsaturated/α-hetero) is 1. The minimum absolute atomic E-state index is 0.00457. The van der Waals surface area contributed by atoms with Crippen LogP contribution in [0.25, 0.3) is 0 Å². The smallest absolute Gasteiger partial charge is 0.171 e. The maximum absolute atomic E-state index is 12.9. The van der Waals surface area contributed by atoms with E-state index in [2.05, 4.69) is 5.32 Å². The van der Waals surface area contributed by atoms with Crippen molar-refractivity contribution in [2.45, 2.75) is 19.8 Å². The zero-order valence-corrected chi connectivity index (χ0v) is 14.0. The Kier molecular flexibility index (Phi) is 5.49. The fourth-order valence-electron chi connectivity index (χ4n) is 2.97. The first-order valence-corrected chi connectivity index (χ1v) is 8.52. The van der Waals surface area contributed by atoms with Gasteiger partial charge in [-0.25, -0.2) is 0 Å². The Bertz CT molecular complexity index is 679. The van der Waals surface area contributed by atoms with E-state index in [9.17, 15) is 4.79 Å². The summed E-state index contributed by atoms with van der Waals surface area (Å²) in [4.78, 5) is 12.9.